The molecule has 1 saturated heterocycles. The number of nitrogens with one attached hydrogen (secondary N) is 1. The number of rotatable bonds is 6. The van der Waals surface area contributed by atoms with Crippen LogP contribution in [0.5, 0.6) is 5.75 Å². The quantitative estimate of drug-likeness (QED) is 0.855. The summed E-state index contributed by atoms with van der Waals surface area (Å²) in [4.78, 5) is 0. The van der Waals surface area contributed by atoms with Crippen LogP contribution in [0, 0.1) is 5.92 Å². The standard InChI is InChI=1S/C16H25NO2/c1-12(2)19-16-6-4-15(5-7-16)13(3)17-10-14-8-9-18-11-14/h4-7,12-14,17H,8-11H2,1-3H3. The lowest BCUT2D eigenvalue weighted by Gasteiger charge is -2.17. The van der Waals surface area contributed by atoms with E-state index in [1.54, 1.807) is 0 Å². The van der Waals surface area contributed by atoms with Gasteiger partial charge in [0.1, 0.15) is 5.75 Å². The first-order valence-corrected chi connectivity index (χ1v) is 7.23. The Morgan fingerprint density at radius 2 is 2.00 bits per heavy atom. The van der Waals surface area contributed by atoms with E-state index in [0.29, 0.717) is 12.0 Å². The SMILES string of the molecule is CC(C)Oc1ccc(C(C)NCC2CCOC2)cc1. The second-order valence-electron chi connectivity index (χ2n) is 5.60. The van der Waals surface area contributed by atoms with E-state index in [4.69, 9.17) is 9.47 Å². The molecule has 0 aliphatic carbocycles. The number of ether oxygens (including phenoxy) is 2. The molecular weight excluding hydrogens is 238 g/mol. The van der Waals surface area contributed by atoms with Crippen LogP contribution in [-0.4, -0.2) is 25.9 Å². The molecule has 1 aromatic rings. The van der Waals surface area contributed by atoms with E-state index < -0.39 is 0 Å². The zero-order valence-electron chi connectivity index (χ0n) is 12.2. The molecule has 2 rings (SSSR count). The van der Waals surface area contributed by atoms with E-state index in [-0.39, 0.29) is 6.10 Å². The lowest BCUT2D eigenvalue weighted by molar-refractivity contribution is 0.184. The second-order valence-corrected chi connectivity index (χ2v) is 5.60. The molecule has 0 radical (unpaired) electrons. The number of hydrogen-bond acceptors (Lipinski definition) is 3. The Labute approximate surface area is 116 Å². The van der Waals surface area contributed by atoms with Crippen molar-refractivity contribution in [2.24, 2.45) is 5.92 Å². The molecule has 1 fully saturated rings. The van der Waals surface area contributed by atoms with Gasteiger partial charge in [-0.1, -0.05) is 12.1 Å². The van der Waals surface area contributed by atoms with Crippen molar-refractivity contribution >= 4 is 0 Å². The van der Waals surface area contributed by atoms with E-state index >= 15 is 0 Å². The van der Waals surface area contributed by atoms with Crippen LogP contribution < -0.4 is 10.1 Å². The summed E-state index contributed by atoms with van der Waals surface area (Å²) in [5.74, 6) is 1.61. The number of benzene rings is 1. The van der Waals surface area contributed by atoms with Gasteiger partial charge in [-0.3, -0.25) is 0 Å². The minimum absolute atomic E-state index is 0.226. The van der Waals surface area contributed by atoms with Crippen LogP contribution in [0.3, 0.4) is 0 Å². The van der Waals surface area contributed by atoms with Crippen LogP contribution in [0.2, 0.25) is 0 Å². The molecule has 0 aromatic heterocycles. The molecule has 1 aromatic carbocycles. The van der Waals surface area contributed by atoms with Crippen molar-refractivity contribution in [1.29, 1.82) is 0 Å². The Balaban J connectivity index is 1.82. The Kier molecular flexibility index (Phi) is 5.23. The molecule has 1 heterocycles. The molecule has 1 aliphatic heterocycles. The van der Waals surface area contributed by atoms with E-state index in [1.807, 2.05) is 26.0 Å². The summed E-state index contributed by atoms with van der Waals surface area (Å²) in [5, 5.41) is 3.58. The van der Waals surface area contributed by atoms with Gasteiger partial charge in [-0.05, 0) is 50.8 Å². The van der Waals surface area contributed by atoms with Crippen molar-refractivity contribution in [1.82, 2.24) is 5.32 Å². The van der Waals surface area contributed by atoms with Gasteiger partial charge in [0.25, 0.3) is 0 Å². The molecular formula is C16H25NO2. The first-order chi connectivity index (χ1) is 9.15. The largest absolute Gasteiger partial charge is 0.491 e. The van der Waals surface area contributed by atoms with Crippen LogP contribution in [-0.2, 0) is 4.74 Å². The highest BCUT2D eigenvalue weighted by Gasteiger charge is 2.16. The van der Waals surface area contributed by atoms with Crippen molar-refractivity contribution < 1.29 is 9.47 Å². The predicted octanol–water partition coefficient (Wildman–Crippen LogP) is 3.16. The Morgan fingerprint density at radius 1 is 1.26 bits per heavy atom. The number of hydrogen-bond donors (Lipinski definition) is 1. The van der Waals surface area contributed by atoms with Gasteiger partial charge in [0.05, 0.1) is 12.7 Å². The van der Waals surface area contributed by atoms with Crippen LogP contribution in [0.4, 0.5) is 0 Å². The van der Waals surface area contributed by atoms with Crippen LogP contribution in [0.25, 0.3) is 0 Å². The fraction of sp³-hybridized carbons (Fsp3) is 0.625. The lowest BCUT2D eigenvalue weighted by atomic mass is 10.1. The van der Waals surface area contributed by atoms with E-state index in [1.165, 1.54) is 12.0 Å². The first kappa shape index (κ1) is 14.4. The highest BCUT2D eigenvalue weighted by molar-refractivity contribution is 5.29. The zero-order valence-corrected chi connectivity index (χ0v) is 12.2. The molecule has 1 N–H and O–H groups in total. The summed E-state index contributed by atoms with van der Waals surface area (Å²) >= 11 is 0. The van der Waals surface area contributed by atoms with Crippen LogP contribution >= 0.6 is 0 Å². The summed E-state index contributed by atoms with van der Waals surface area (Å²) in [5.41, 5.74) is 1.30. The monoisotopic (exact) mass is 263 g/mol. The predicted molar refractivity (Wildman–Crippen MR) is 77.5 cm³/mol. The maximum absolute atomic E-state index is 5.65. The second kappa shape index (κ2) is 6.92. The summed E-state index contributed by atoms with van der Waals surface area (Å²) in [6, 6.07) is 8.74. The molecule has 0 spiro atoms. The fourth-order valence-electron chi connectivity index (χ4n) is 2.31. The average molecular weight is 263 g/mol. The minimum Gasteiger partial charge on any atom is -0.491 e. The van der Waals surface area contributed by atoms with Crippen molar-refractivity contribution in [3.63, 3.8) is 0 Å². The minimum atomic E-state index is 0.226. The molecule has 0 bridgehead atoms. The van der Waals surface area contributed by atoms with Gasteiger partial charge in [0.2, 0.25) is 0 Å². The van der Waals surface area contributed by atoms with Crippen molar-refractivity contribution in [3.05, 3.63) is 29.8 Å². The van der Waals surface area contributed by atoms with Gasteiger partial charge in [-0.15, -0.1) is 0 Å². The molecule has 3 heteroatoms. The summed E-state index contributed by atoms with van der Waals surface area (Å²) < 4.78 is 11.0. The van der Waals surface area contributed by atoms with Gasteiger partial charge in [0, 0.05) is 19.2 Å². The van der Waals surface area contributed by atoms with Crippen LogP contribution in [0.15, 0.2) is 24.3 Å². The van der Waals surface area contributed by atoms with Crippen molar-refractivity contribution in [2.75, 3.05) is 19.8 Å². The summed E-state index contributed by atoms with van der Waals surface area (Å²) in [6.45, 7) is 9.14. The summed E-state index contributed by atoms with van der Waals surface area (Å²) in [7, 11) is 0. The normalized spacial score (nSPS) is 20.7. The van der Waals surface area contributed by atoms with Gasteiger partial charge in [-0.25, -0.2) is 0 Å². The third-order valence-corrected chi connectivity index (χ3v) is 3.49. The first-order valence-electron chi connectivity index (χ1n) is 7.23. The van der Waals surface area contributed by atoms with E-state index in [0.717, 1.165) is 25.5 Å². The maximum atomic E-state index is 5.65. The lowest BCUT2D eigenvalue weighted by Crippen LogP contribution is -2.25. The van der Waals surface area contributed by atoms with E-state index in [2.05, 4.69) is 24.4 Å². The molecule has 0 saturated carbocycles. The topological polar surface area (TPSA) is 30.5 Å². The highest BCUT2D eigenvalue weighted by Crippen LogP contribution is 2.19. The van der Waals surface area contributed by atoms with Gasteiger partial charge < -0.3 is 14.8 Å². The summed E-state index contributed by atoms with van der Waals surface area (Å²) in [6.07, 6.45) is 1.41. The molecule has 19 heavy (non-hydrogen) atoms. The Bertz CT molecular complexity index is 369. The fourth-order valence-corrected chi connectivity index (χ4v) is 2.31. The Morgan fingerprint density at radius 3 is 2.58 bits per heavy atom. The molecule has 2 unspecified atom stereocenters. The molecule has 2 atom stereocenters. The third kappa shape index (κ3) is 4.51. The van der Waals surface area contributed by atoms with E-state index in [9.17, 15) is 0 Å². The third-order valence-electron chi connectivity index (χ3n) is 3.49. The average Bonchev–Trinajstić information content (AvgIpc) is 2.89. The van der Waals surface area contributed by atoms with Gasteiger partial charge in [-0.2, -0.15) is 0 Å². The molecule has 106 valence electrons. The van der Waals surface area contributed by atoms with Gasteiger partial charge in [0.15, 0.2) is 0 Å². The molecule has 3 nitrogen and oxygen atoms in total. The van der Waals surface area contributed by atoms with Crippen molar-refractivity contribution in [2.45, 2.75) is 39.3 Å². The molecule has 1 aliphatic rings. The molecule has 0 amide bonds. The smallest absolute Gasteiger partial charge is 0.119 e. The van der Waals surface area contributed by atoms with Gasteiger partial charge >= 0.3 is 0 Å². The zero-order chi connectivity index (χ0) is 13.7. The van der Waals surface area contributed by atoms with Crippen molar-refractivity contribution in [3.8, 4) is 5.75 Å². The maximum Gasteiger partial charge on any atom is 0.119 e. The Hall–Kier alpha value is -1.06. The van der Waals surface area contributed by atoms with Crippen LogP contribution in [0.1, 0.15) is 38.8 Å². The highest BCUT2D eigenvalue weighted by atomic mass is 16.5.